The molecule has 0 amide bonds. The van der Waals surface area contributed by atoms with E-state index in [2.05, 4.69) is 31.2 Å². The second-order valence-electron chi connectivity index (χ2n) is 2.29. The van der Waals surface area contributed by atoms with Crippen LogP contribution in [0.1, 0.15) is 20.3 Å². The van der Waals surface area contributed by atoms with Crippen molar-refractivity contribution in [1.82, 2.24) is 10.4 Å². The number of nitrogens with two attached hydrogens (primary N) is 1. The Bertz CT molecular complexity index is 75.3. The maximum absolute atomic E-state index is 5.32. The third kappa shape index (κ3) is 3.15. The maximum Gasteiger partial charge on any atom is 0.0567 e. The molecule has 1 unspecified atom stereocenters. The number of nitrogens with one attached hydrogen (secondary N) is 1. The Labute approximate surface area is 63.5 Å². The summed E-state index contributed by atoms with van der Waals surface area (Å²) in [7, 11) is 0. The summed E-state index contributed by atoms with van der Waals surface area (Å²) in [5, 5.41) is 2.09. The van der Waals surface area contributed by atoms with Crippen LogP contribution in [0.3, 0.4) is 0 Å². The van der Waals surface area contributed by atoms with Crippen molar-refractivity contribution in [3.63, 3.8) is 0 Å². The summed E-state index contributed by atoms with van der Waals surface area (Å²) >= 11 is 0. The Morgan fingerprint density at radius 3 is 2.60 bits per heavy atom. The van der Waals surface area contributed by atoms with Gasteiger partial charge in [0.1, 0.15) is 0 Å². The smallest absolute Gasteiger partial charge is 0.0567 e. The number of nitrogens with zero attached hydrogens (tertiary/aromatic N) is 1. The van der Waals surface area contributed by atoms with Crippen molar-refractivity contribution in [1.29, 1.82) is 0 Å². The first-order valence-electron chi connectivity index (χ1n) is 3.75. The first kappa shape index (κ1) is 9.88. The van der Waals surface area contributed by atoms with E-state index in [4.69, 9.17) is 5.73 Å². The second-order valence-corrected chi connectivity index (χ2v) is 2.29. The summed E-state index contributed by atoms with van der Waals surface area (Å²) in [6, 6.07) is 0.466. The molecule has 0 fully saturated rings. The van der Waals surface area contributed by atoms with Crippen molar-refractivity contribution in [3.8, 4) is 0 Å². The Hall–Kier alpha value is -0.120. The highest BCUT2D eigenvalue weighted by atomic mass is 15.5. The fourth-order valence-corrected chi connectivity index (χ4v) is 0.852. The molecule has 0 heterocycles. The van der Waals surface area contributed by atoms with Gasteiger partial charge >= 0.3 is 0 Å². The molecule has 1 atom stereocenters. The van der Waals surface area contributed by atoms with E-state index < -0.39 is 0 Å². The van der Waals surface area contributed by atoms with Crippen molar-refractivity contribution < 1.29 is 0 Å². The van der Waals surface area contributed by atoms with Gasteiger partial charge in [-0.1, -0.05) is 13.8 Å². The van der Waals surface area contributed by atoms with E-state index in [0.717, 1.165) is 13.0 Å². The molecular formula is C7H18N3. The Morgan fingerprint density at radius 2 is 2.30 bits per heavy atom. The van der Waals surface area contributed by atoms with Crippen LogP contribution in [0.25, 0.3) is 0 Å². The van der Waals surface area contributed by atoms with Gasteiger partial charge in [0.05, 0.1) is 6.67 Å². The molecule has 0 aliphatic carbocycles. The summed E-state index contributed by atoms with van der Waals surface area (Å²) in [6.45, 7) is 9.49. The third-order valence-corrected chi connectivity index (χ3v) is 1.58. The highest BCUT2D eigenvalue weighted by molar-refractivity contribution is 4.62. The molecule has 10 heavy (non-hydrogen) atoms. The molecular weight excluding hydrogens is 126 g/mol. The molecule has 0 aromatic rings. The third-order valence-electron chi connectivity index (χ3n) is 1.58. The molecule has 0 aromatic heterocycles. The molecule has 0 aromatic carbocycles. The monoisotopic (exact) mass is 144 g/mol. The Morgan fingerprint density at radius 1 is 1.70 bits per heavy atom. The van der Waals surface area contributed by atoms with Crippen molar-refractivity contribution in [2.45, 2.75) is 26.3 Å². The van der Waals surface area contributed by atoms with Gasteiger partial charge < -0.3 is 5.73 Å². The molecule has 0 spiro atoms. The zero-order valence-corrected chi connectivity index (χ0v) is 6.93. The minimum absolute atomic E-state index is 0.466. The largest absolute Gasteiger partial charge is 0.317 e. The van der Waals surface area contributed by atoms with E-state index in [1.165, 1.54) is 0 Å². The maximum atomic E-state index is 5.32. The number of rotatable bonds is 5. The number of hydrazine groups is 1. The van der Waals surface area contributed by atoms with Crippen LogP contribution in [0.2, 0.25) is 0 Å². The molecule has 0 bridgehead atoms. The zero-order valence-electron chi connectivity index (χ0n) is 6.93. The van der Waals surface area contributed by atoms with Gasteiger partial charge in [0.15, 0.2) is 0 Å². The van der Waals surface area contributed by atoms with E-state index in [9.17, 15) is 0 Å². The van der Waals surface area contributed by atoms with Gasteiger partial charge in [-0.15, -0.1) is 0 Å². The van der Waals surface area contributed by atoms with Crippen LogP contribution in [-0.4, -0.2) is 24.3 Å². The molecule has 0 aliphatic rings. The van der Waals surface area contributed by atoms with Gasteiger partial charge in [-0.25, -0.2) is 10.4 Å². The van der Waals surface area contributed by atoms with Crippen LogP contribution < -0.4 is 11.2 Å². The van der Waals surface area contributed by atoms with Gasteiger partial charge in [-0.2, -0.15) is 0 Å². The van der Waals surface area contributed by atoms with Crippen LogP contribution in [0.4, 0.5) is 0 Å². The van der Waals surface area contributed by atoms with Crippen molar-refractivity contribution >= 4 is 0 Å². The molecule has 0 aliphatic heterocycles. The predicted molar refractivity (Wildman–Crippen MR) is 44.0 cm³/mol. The molecule has 1 radical (unpaired) electrons. The SMILES string of the molecule is [CH2]CC(C)N(CC)NCN. The molecule has 3 nitrogen and oxygen atoms in total. The first-order valence-corrected chi connectivity index (χ1v) is 3.75. The van der Waals surface area contributed by atoms with E-state index in [0.29, 0.717) is 12.7 Å². The fraction of sp³-hybridized carbons (Fsp3) is 0.857. The van der Waals surface area contributed by atoms with Crippen molar-refractivity contribution in [3.05, 3.63) is 6.92 Å². The van der Waals surface area contributed by atoms with E-state index in [-0.39, 0.29) is 0 Å². The standard InChI is InChI=1S/C7H18N3/c1-4-7(3)10(5-2)9-6-8/h7,9H,1,4-6,8H2,2-3H3. The summed E-state index contributed by atoms with van der Waals surface area (Å²) in [5.41, 5.74) is 8.38. The van der Waals surface area contributed by atoms with E-state index in [1.807, 2.05) is 0 Å². The summed E-state index contributed by atoms with van der Waals surface area (Å²) in [6.07, 6.45) is 0.904. The predicted octanol–water partition coefficient (Wildman–Crippen LogP) is 0.342. The van der Waals surface area contributed by atoms with Gasteiger partial charge in [0, 0.05) is 12.6 Å². The lowest BCUT2D eigenvalue weighted by Crippen LogP contribution is -2.46. The van der Waals surface area contributed by atoms with Gasteiger partial charge in [-0.05, 0) is 13.3 Å². The first-order chi connectivity index (χ1) is 4.76. The van der Waals surface area contributed by atoms with Crippen LogP contribution >= 0.6 is 0 Å². The van der Waals surface area contributed by atoms with Crippen LogP contribution in [0.15, 0.2) is 0 Å². The minimum Gasteiger partial charge on any atom is -0.317 e. The zero-order chi connectivity index (χ0) is 7.98. The van der Waals surface area contributed by atoms with Crippen molar-refractivity contribution in [2.75, 3.05) is 13.2 Å². The second kappa shape index (κ2) is 5.65. The highest BCUT2D eigenvalue weighted by Gasteiger charge is 2.06. The lowest BCUT2D eigenvalue weighted by Gasteiger charge is -2.26. The van der Waals surface area contributed by atoms with Crippen LogP contribution in [0, 0.1) is 6.92 Å². The normalized spacial score (nSPS) is 14.1. The average Bonchev–Trinajstić information content (AvgIpc) is 1.99. The summed E-state index contributed by atoms with van der Waals surface area (Å²) < 4.78 is 0. The van der Waals surface area contributed by atoms with Crippen molar-refractivity contribution in [2.24, 2.45) is 5.73 Å². The Kier molecular flexibility index (Phi) is 5.58. The van der Waals surface area contributed by atoms with E-state index >= 15 is 0 Å². The van der Waals surface area contributed by atoms with Gasteiger partial charge in [0.25, 0.3) is 0 Å². The quantitative estimate of drug-likeness (QED) is 0.432. The van der Waals surface area contributed by atoms with Gasteiger partial charge in [-0.3, -0.25) is 0 Å². The summed E-state index contributed by atoms with van der Waals surface area (Å²) in [4.78, 5) is 0. The van der Waals surface area contributed by atoms with Crippen LogP contribution in [-0.2, 0) is 0 Å². The lowest BCUT2D eigenvalue weighted by molar-refractivity contribution is 0.144. The fourth-order valence-electron chi connectivity index (χ4n) is 0.852. The molecule has 0 saturated heterocycles. The lowest BCUT2D eigenvalue weighted by atomic mass is 10.2. The topological polar surface area (TPSA) is 41.3 Å². The molecule has 3 N–H and O–H groups in total. The molecule has 3 heteroatoms. The van der Waals surface area contributed by atoms with Crippen LogP contribution in [0.5, 0.6) is 0 Å². The molecule has 61 valence electrons. The molecule has 0 rings (SSSR count). The average molecular weight is 144 g/mol. The van der Waals surface area contributed by atoms with Gasteiger partial charge in [0.2, 0.25) is 0 Å². The number of hydrogen-bond donors (Lipinski definition) is 2. The number of hydrogen-bond acceptors (Lipinski definition) is 3. The summed E-state index contributed by atoms with van der Waals surface area (Å²) in [5.74, 6) is 0. The molecule has 0 saturated carbocycles. The minimum atomic E-state index is 0.466. The van der Waals surface area contributed by atoms with E-state index in [1.54, 1.807) is 0 Å². The highest BCUT2D eigenvalue weighted by Crippen LogP contribution is 1.97. The Balaban J connectivity index is 3.56.